The minimum Gasteiger partial charge on any atom is -0.351 e. The van der Waals surface area contributed by atoms with E-state index in [1.54, 1.807) is 24.0 Å². The van der Waals surface area contributed by atoms with Crippen molar-refractivity contribution < 1.29 is 4.79 Å². The smallest absolute Gasteiger partial charge is 0.269 e. The minimum atomic E-state index is -0.0828. The van der Waals surface area contributed by atoms with Crippen LogP contribution in [0.1, 0.15) is 28.2 Å². The van der Waals surface area contributed by atoms with Crippen LogP contribution in [0.4, 0.5) is 0 Å². The van der Waals surface area contributed by atoms with Crippen molar-refractivity contribution >= 4 is 16.9 Å². The third-order valence-corrected chi connectivity index (χ3v) is 4.74. The summed E-state index contributed by atoms with van der Waals surface area (Å²) in [4.78, 5) is 16.6. The highest BCUT2D eigenvalue weighted by Gasteiger charge is 2.10. The fourth-order valence-electron chi connectivity index (χ4n) is 3.27. The van der Waals surface area contributed by atoms with Gasteiger partial charge in [-0.3, -0.25) is 14.6 Å². The van der Waals surface area contributed by atoms with Gasteiger partial charge >= 0.3 is 0 Å². The molecule has 3 aromatic heterocycles. The fraction of sp³-hybridized carbons (Fsp3) is 0.238. The van der Waals surface area contributed by atoms with E-state index in [0.29, 0.717) is 12.2 Å². The van der Waals surface area contributed by atoms with Crippen molar-refractivity contribution in [3.05, 3.63) is 65.7 Å². The molecule has 142 valence electrons. The number of carbonyl (C=O) groups excluding carboxylic acids is 1. The first-order valence-electron chi connectivity index (χ1n) is 9.27. The number of pyridine rings is 1. The van der Waals surface area contributed by atoms with E-state index in [9.17, 15) is 4.79 Å². The average molecular weight is 374 g/mol. The van der Waals surface area contributed by atoms with Crippen LogP contribution in [-0.4, -0.2) is 37.4 Å². The lowest BCUT2D eigenvalue weighted by Crippen LogP contribution is -2.26. The van der Waals surface area contributed by atoms with Crippen molar-refractivity contribution in [2.45, 2.75) is 19.8 Å². The van der Waals surface area contributed by atoms with Gasteiger partial charge in [-0.1, -0.05) is 24.3 Å². The second kappa shape index (κ2) is 7.64. The quantitative estimate of drug-likeness (QED) is 0.508. The molecular formula is C21H22N6O. The zero-order valence-electron chi connectivity index (χ0n) is 15.9. The Kier molecular flexibility index (Phi) is 4.89. The number of nitrogens with zero attached hydrogens (tertiary/aromatic N) is 4. The Balaban J connectivity index is 1.31. The van der Waals surface area contributed by atoms with Crippen LogP contribution < -0.4 is 5.32 Å². The molecule has 4 rings (SSSR count). The number of carbonyl (C=O) groups is 1. The topological polar surface area (TPSA) is 88.5 Å². The van der Waals surface area contributed by atoms with Crippen molar-refractivity contribution in [1.82, 2.24) is 30.3 Å². The van der Waals surface area contributed by atoms with Crippen LogP contribution in [-0.2, 0) is 13.5 Å². The van der Waals surface area contributed by atoms with E-state index in [1.807, 2.05) is 13.1 Å². The average Bonchev–Trinajstić information content (AvgIpc) is 3.30. The molecule has 7 heteroatoms. The standard InChI is InChI=1S/C21H22N6O/c1-14-10-19(27(2)26-14)21(28)22-9-3-4-15-5-7-16(8-6-15)17-11-18-13-24-25-20(18)23-12-17/h5-8,10-13H,3-4,9H2,1-2H3,(H,22,28)(H,23,24,25). The number of hydrogen-bond donors (Lipinski definition) is 2. The SMILES string of the molecule is Cc1cc(C(=O)NCCCc2ccc(-c3cnc4[nH]ncc4c3)cc2)n(C)n1. The molecule has 4 aromatic rings. The van der Waals surface area contributed by atoms with E-state index in [4.69, 9.17) is 0 Å². The number of benzene rings is 1. The second-order valence-electron chi connectivity index (χ2n) is 6.88. The Hall–Kier alpha value is -3.48. The Morgan fingerprint density at radius 3 is 2.71 bits per heavy atom. The Labute approximate surface area is 162 Å². The van der Waals surface area contributed by atoms with Crippen LogP contribution in [0.2, 0.25) is 0 Å². The summed E-state index contributed by atoms with van der Waals surface area (Å²) in [5.74, 6) is -0.0828. The van der Waals surface area contributed by atoms with Gasteiger partial charge in [0.15, 0.2) is 5.65 Å². The van der Waals surface area contributed by atoms with Crippen LogP contribution in [0.3, 0.4) is 0 Å². The van der Waals surface area contributed by atoms with Crippen molar-refractivity contribution in [2.24, 2.45) is 7.05 Å². The summed E-state index contributed by atoms with van der Waals surface area (Å²) in [6.45, 7) is 2.51. The molecule has 0 spiro atoms. The van der Waals surface area contributed by atoms with Crippen molar-refractivity contribution in [3.63, 3.8) is 0 Å². The van der Waals surface area contributed by atoms with Crippen LogP contribution in [0.25, 0.3) is 22.2 Å². The summed E-state index contributed by atoms with van der Waals surface area (Å²) in [6.07, 6.45) is 5.42. The summed E-state index contributed by atoms with van der Waals surface area (Å²) >= 11 is 0. The van der Waals surface area contributed by atoms with Gasteiger partial charge in [-0.05, 0) is 43.0 Å². The van der Waals surface area contributed by atoms with E-state index in [2.05, 4.69) is 55.9 Å². The maximum absolute atomic E-state index is 12.2. The number of fused-ring (bicyclic) bond motifs is 1. The molecule has 0 aliphatic heterocycles. The molecule has 7 nitrogen and oxygen atoms in total. The van der Waals surface area contributed by atoms with E-state index in [-0.39, 0.29) is 5.91 Å². The first-order valence-corrected chi connectivity index (χ1v) is 9.27. The Bertz CT molecular complexity index is 1110. The van der Waals surface area contributed by atoms with Crippen LogP contribution in [0, 0.1) is 6.92 Å². The predicted molar refractivity (Wildman–Crippen MR) is 108 cm³/mol. The number of aromatic nitrogens is 5. The maximum Gasteiger partial charge on any atom is 0.269 e. The van der Waals surface area contributed by atoms with Gasteiger partial charge < -0.3 is 5.32 Å². The molecule has 0 bridgehead atoms. The van der Waals surface area contributed by atoms with Crippen LogP contribution in [0.5, 0.6) is 0 Å². The predicted octanol–water partition coefficient (Wildman–Crippen LogP) is 3.03. The number of rotatable bonds is 6. The summed E-state index contributed by atoms with van der Waals surface area (Å²) in [6, 6.07) is 12.3. The van der Waals surface area contributed by atoms with Gasteiger partial charge in [-0.25, -0.2) is 4.98 Å². The number of aromatic amines is 1. The maximum atomic E-state index is 12.2. The van der Waals surface area contributed by atoms with Crippen molar-refractivity contribution in [3.8, 4) is 11.1 Å². The first kappa shape index (κ1) is 17.9. The molecule has 0 aliphatic rings. The lowest BCUT2D eigenvalue weighted by molar-refractivity contribution is 0.0944. The summed E-state index contributed by atoms with van der Waals surface area (Å²) in [7, 11) is 1.78. The molecule has 0 unspecified atom stereocenters. The van der Waals surface area contributed by atoms with E-state index in [1.165, 1.54) is 5.56 Å². The fourth-order valence-corrected chi connectivity index (χ4v) is 3.27. The van der Waals surface area contributed by atoms with Crippen molar-refractivity contribution in [1.29, 1.82) is 0 Å². The highest BCUT2D eigenvalue weighted by molar-refractivity contribution is 5.92. The van der Waals surface area contributed by atoms with E-state index >= 15 is 0 Å². The number of nitrogens with one attached hydrogen (secondary N) is 2. The molecule has 2 N–H and O–H groups in total. The zero-order chi connectivity index (χ0) is 19.5. The largest absolute Gasteiger partial charge is 0.351 e. The highest BCUT2D eigenvalue weighted by Crippen LogP contribution is 2.22. The molecule has 0 saturated carbocycles. The number of hydrogen-bond acceptors (Lipinski definition) is 4. The van der Waals surface area contributed by atoms with Crippen LogP contribution in [0.15, 0.2) is 48.8 Å². The Morgan fingerprint density at radius 1 is 1.14 bits per heavy atom. The van der Waals surface area contributed by atoms with Gasteiger partial charge in [0.25, 0.3) is 5.91 Å². The lowest BCUT2D eigenvalue weighted by atomic mass is 10.0. The third-order valence-electron chi connectivity index (χ3n) is 4.74. The molecule has 1 aromatic carbocycles. The number of amides is 1. The van der Waals surface area contributed by atoms with Gasteiger partial charge in [-0.15, -0.1) is 0 Å². The van der Waals surface area contributed by atoms with Crippen molar-refractivity contribution in [2.75, 3.05) is 6.54 Å². The summed E-state index contributed by atoms with van der Waals surface area (Å²) < 4.78 is 1.61. The molecule has 0 radical (unpaired) electrons. The van der Waals surface area contributed by atoms with Gasteiger partial charge in [0.1, 0.15) is 5.69 Å². The normalized spacial score (nSPS) is 11.1. The first-order chi connectivity index (χ1) is 13.6. The van der Waals surface area contributed by atoms with Gasteiger partial charge in [0, 0.05) is 30.7 Å². The monoisotopic (exact) mass is 374 g/mol. The summed E-state index contributed by atoms with van der Waals surface area (Å²) in [5.41, 5.74) is 5.66. The minimum absolute atomic E-state index is 0.0828. The Morgan fingerprint density at radius 2 is 1.96 bits per heavy atom. The van der Waals surface area contributed by atoms with Gasteiger partial charge in [0.2, 0.25) is 0 Å². The zero-order valence-corrected chi connectivity index (χ0v) is 15.9. The van der Waals surface area contributed by atoms with E-state index in [0.717, 1.165) is 40.7 Å². The lowest BCUT2D eigenvalue weighted by Gasteiger charge is -2.07. The molecule has 0 saturated heterocycles. The van der Waals surface area contributed by atoms with E-state index < -0.39 is 0 Å². The molecule has 0 aliphatic carbocycles. The summed E-state index contributed by atoms with van der Waals surface area (Å²) in [5, 5.41) is 15.0. The molecular weight excluding hydrogens is 352 g/mol. The van der Waals surface area contributed by atoms with Gasteiger partial charge in [0.05, 0.1) is 11.9 Å². The third kappa shape index (κ3) is 3.78. The van der Waals surface area contributed by atoms with Gasteiger partial charge in [-0.2, -0.15) is 10.2 Å². The second-order valence-corrected chi connectivity index (χ2v) is 6.88. The number of aryl methyl sites for hydroxylation is 3. The van der Waals surface area contributed by atoms with Crippen LogP contribution >= 0.6 is 0 Å². The molecule has 28 heavy (non-hydrogen) atoms. The molecule has 0 atom stereocenters. The highest BCUT2D eigenvalue weighted by atomic mass is 16.2. The molecule has 1 amide bonds. The molecule has 3 heterocycles. The number of H-pyrrole nitrogens is 1. The molecule has 0 fully saturated rings.